The van der Waals surface area contributed by atoms with Crippen molar-refractivity contribution in [3.8, 4) is 0 Å². The van der Waals surface area contributed by atoms with Crippen molar-refractivity contribution in [3.05, 3.63) is 47.4 Å². The van der Waals surface area contributed by atoms with Crippen molar-refractivity contribution >= 4 is 29.5 Å². The molecule has 0 aliphatic carbocycles. The predicted octanol–water partition coefficient (Wildman–Crippen LogP) is 0.955. The Morgan fingerprint density at radius 3 is 2.29 bits per heavy atom. The minimum Gasteiger partial charge on any atom is -0.347 e. The number of carbonyl (C=O) groups excluding carboxylic acids is 5. The van der Waals surface area contributed by atoms with E-state index in [2.05, 4.69) is 27.8 Å². The summed E-state index contributed by atoms with van der Waals surface area (Å²) in [4.78, 5) is 77.4. The summed E-state index contributed by atoms with van der Waals surface area (Å²) in [6.07, 6.45) is 4.04. The van der Waals surface area contributed by atoms with Crippen molar-refractivity contribution in [1.82, 2.24) is 30.7 Å². The van der Waals surface area contributed by atoms with Gasteiger partial charge in [-0.2, -0.15) is 0 Å². The first kappa shape index (κ1) is 33.2. The van der Waals surface area contributed by atoms with Crippen LogP contribution in [0.4, 0.5) is 4.79 Å². The van der Waals surface area contributed by atoms with Gasteiger partial charge in [0.1, 0.15) is 12.1 Å². The highest BCUT2D eigenvalue weighted by molar-refractivity contribution is 6.37. The molecule has 3 atom stereocenters. The van der Waals surface area contributed by atoms with E-state index in [9.17, 15) is 28.8 Å². The molecule has 12 nitrogen and oxygen atoms in total. The van der Waals surface area contributed by atoms with Gasteiger partial charge in [-0.05, 0) is 29.7 Å². The molecule has 0 aromatic carbocycles. The molecule has 1 aliphatic heterocycles. The van der Waals surface area contributed by atoms with E-state index < -0.39 is 65.0 Å². The highest BCUT2D eigenvalue weighted by Crippen LogP contribution is 2.26. The number of Topliss-reactive ketones (excluding diaryl/α,β-unsaturated/α-hetero) is 1. The first-order valence-corrected chi connectivity index (χ1v) is 13.8. The summed E-state index contributed by atoms with van der Waals surface area (Å²) in [5.74, 6) is -2.61. The van der Waals surface area contributed by atoms with Gasteiger partial charge in [-0.3, -0.25) is 24.0 Å². The quantitative estimate of drug-likeness (QED) is 0.228. The summed E-state index contributed by atoms with van der Waals surface area (Å²) < 4.78 is 1.52. The van der Waals surface area contributed by atoms with Gasteiger partial charge in [0.05, 0.1) is 12.6 Å². The van der Waals surface area contributed by atoms with Crippen molar-refractivity contribution < 1.29 is 24.0 Å². The largest absolute Gasteiger partial charge is 0.347 e. The smallest absolute Gasteiger partial charge is 0.315 e. The Morgan fingerprint density at radius 1 is 1.02 bits per heavy atom. The van der Waals surface area contributed by atoms with E-state index in [1.54, 1.807) is 18.3 Å². The third-order valence-electron chi connectivity index (χ3n) is 6.94. The van der Waals surface area contributed by atoms with Crippen LogP contribution in [0.15, 0.2) is 41.8 Å². The van der Waals surface area contributed by atoms with Crippen LogP contribution in [0.25, 0.3) is 0 Å². The molecule has 2 rings (SSSR count). The number of hydrogen-bond donors (Lipinski definition) is 4. The fourth-order valence-corrected chi connectivity index (χ4v) is 4.42. The number of pyridine rings is 1. The number of rotatable bonds is 11. The third kappa shape index (κ3) is 9.58. The highest BCUT2D eigenvalue weighted by atomic mass is 16.2. The van der Waals surface area contributed by atoms with Gasteiger partial charge < -0.3 is 30.7 Å². The van der Waals surface area contributed by atoms with E-state index in [0.717, 1.165) is 0 Å². The average molecular weight is 573 g/mol. The third-order valence-corrected chi connectivity index (χ3v) is 6.94. The van der Waals surface area contributed by atoms with Crippen LogP contribution in [0.3, 0.4) is 0 Å². The Balaban J connectivity index is 2.13. The zero-order valence-corrected chi connectivity index (χ0v) is 24.9. The van der Waals surface area contributed by atoms with Crippen LogP contribution in [0.5, 0.6) is 0 Å². The molecule has 4 N–H and O–H groups in total. The van der Waals surface area contributed by atoms with E-state index in [1.165, 1.54) is 21.6 Å². The van der Waals surface area contributed by atoms with Crippen LogP contribution >= 0.6 is 0 Å². The SMILES string of the molecule is C=CCNC(=O)C(=O)CNC(=O)[C@@H]1CCCN1C(=O)[C@@H](NC(=O)N[C@H](Cn1ccccc1=O)C(C)(C)C)C(C)(C)C. The van der Waals surface area contributed by atoms with Crippen LogP contribution in [0.2, 0.25) is 0 Å². The highest BCUT2D eigenvalue weighted by Gasteiger charge is 2.42. The van der Waals surface area contributed by atoms with Gasteiger partial charge in [0.25, 0.3) is 11.5 Å². The Kier molecular flexibility index (Phi) is 11.4. The molecule has 1 aromatic heterocycles. The number of ketones is 1. The molecule has 0 radical (unpaired) electrons. The zero-order chi connectivity index (χ0) is 31.0. The van der Waals surface area contributed by atoms with Gasteiger partial charge in [0.2, 0.25) is 17.6 Å². The van der Waals surface area contributed by atoms with E-state index in [-0.39, 0.29) is 18.6 Å². The molecule has 2 heterocycles. The number of aromatic nitrogens is 1. The van der Waals surface area contributed by atoms with Gasteiger partial charge in [-0.1, -0.05) is 53.7 Å². The van der Waals surface area contributed by atoms with Gasteiger partial charge in [-0.25, -0.2) is 4.79 Å². The Bertz CT molecular complexity index is 1200. The Morgan fingerprint density at radius 2 is 1.71 bits per heavy atom. The molecule has 1 saturated heterocycles. The van der Waals surface area contributed by atoms with Crippen LogP contribution in [0, 0.1) is 10.8 Å². The Hall–Kier alpha value is -3.96. The monoisotopic (exact) mass is 572 g/mol. The minimum absolute atomic E-state index is 0.124. The number of hydrogen-bond acceptors (Lipinski definition) is 6. The molecule has 0 unspecified atom stereocenters. The predicted molar refractivity (Wildman–Crippen MR) is 155 cm³/mol. The second-order valence-electron chi connectivity index (χ2n) is 12.4. The van der Waals surface area contributed by atoms with Crippen molar-refractivity contribution in [3.63, 3.8) is 0 Å². The number of amides is 5. The lowest BCUT2D eigenvalue weighted by atomic mass is 9.85. The summed E-state index contributed by atoms with van der Waals surface area (Å²) in [6.45, 7) is 14.9. The van der Waals surface area contributed by atoms with Gasteiger partial charge in [0, 0.05) is 31.9 Å². The molecular formula is C29H44N6O6. The lowest BCUT2D eigenvalue weighted by Gasteiger charge is -2.37. The topological polar surface area (TPSA) is 159 Å². The molecule has 1 fully saturated rings. The van der Waals surface area contributed by atoms with Crippen molar-refractivity contribution in [2.75, 3.05) is 19.6 Å². The second kappa shape index (κ2) is 14.1. The van der Waals surface area contributed by atoms with E-state index >= 15 is 0 Å². The zero-order valence-electron chi connectivity index (χ0n) is 24.9. The maximum absolute atomic E-state index is 13.7. The molecule has 1 aromatic rings. The molecule has 226 valence electrons. The molecule has 0 saturated carbocycles. The first-order valence-electron chi connectivity index (χ1n) is 13.8. The molecule has 1 aliphatic rings. The summed E-state index contributed by atoms with van der Waals surface area (Å²) in [6, 6.07) is 2.02. The van der Waals surface area contributed by atoms with Crippen LogP contribution < -0.4 is 26.8 Å². The first-order chi connectivity index (χ1) is 19.1. The van der Waals surface area contributed by atoms with E-state index in [4.69, 9.17) is 0 Å². The molecule has 0 spiro atoms. The number of carbonyl (C=O) groups is 5. The maximum Gasteiger partial charge on any atom is 0.315 e. The van der Waals surface area contributed by atoms with E-state index in [1.807, 2.05) is 41.5 Å². The number of likely N-dealkylation sites (tertiary alicyclic amines) is 1. The van der Waals surface area contributed by atoms with Crippen LogP contribution in [-0.4, -0.2) is 76.8 Å². The Labute approximate surface area is 241 Å². The number of nitrogens with zero attached hydrogens (tertiary/aromatic N) is 2. The van der Waals surface area contributed by atoms with Crippen LogP contribution in [0.1, 0.15) is 54.4 Å². The van der Waals surface area contributed by atoms with Crippen molar-refractivity contribution in [1.29, 1.82) is 0 Å². The van der Waals surface area contributed by atoms with Gasteiger partial charge in [-0.15, -0.1) is 6.58 Å². The van der Waals surface area contributed by atoms with Gasteiger partial charge in [0.15, 0.2) is 0 Å². The van der Waals surface area contributed by atoms with Crippen molar-refractivity contribution in [2.45, 2.75) is 79.1 Å². The lowest BCUT2D eigenvalue weighted by Crippen LogP contribution is -2.61. The average Bonchev–Trinajstić information content (AvgIpc) is 3.38. The van der Waals surface area contributed by atoms with Gasteiger partial charge >= 0.3 is 6.03 Å². The van der Waals surface area contributed by atoms with E-state index in [0.29, 0.717) is 19.4 Å². The number of urea groups is 1. The molecular weight excluding hydrogens is 528 g/mol. The maximum atomic E-state index is 13.7. The van der Waals surface area contributed by atoms with Crippen LogP contribution in [-0.2, 0) is 25.7 Å². The van der Waals surface area contributed by atoms with Crippen molar-refractivity contribution in [2.24, 2.45) is 10.8 Å². The standard InChI is InChI=1S/C29H44N6O6/c1-8-14-30-25(39)20(36)17-31-24(38)19-12-11-16-35(19)26(40)23(29(5,6)7)33-27(41)32-21(28(2,3)4)18-34-15-10-9-13-22(34)37/h8-10,13,15,19,21,23H,1,11-12,14,16-18H2,2-7H3,(H,30,39)(H,31,38)(H2,32,33,41)/t19-,21+,23+/m0/s1. The molecule has 0 bridgehead atoms. The fraction of sp³-hybridized carbons (Fsp3) is 0.586. The molecule has 41 heavy (non-hydrogen) atoms. The summed E-state index contributed by atoms with van der Waals surface area (Å²) >= 11 is 0. The molecule has 12 heteroatoms. The lowest BCUT2D eigenvalue weighted by molar-refractivity contribution is -0.142. The minimum atomic E-state index is -0.970. The fourth-order valence-electron chi connectivity index (χ4n) is 4.42. The summed E-state index contributed by atoms with van der Waals surface area (Å²) in [7, 11) is 0. The normalized spacial score (nSPS) is 16.7. The number of nitrogens with one attached hydrogen (secondary N) is 4. The molecule has 5 amide bonds. The summed E-state index contributed by atoms with van der Waals surface area (Å²) in [5, 5.41) is 10.6. The summed E-state index contributed by atoms with van der Waals surface area (Å²) in [5.41, 5.74) is -1.30. The second-order valence-corrected chi connectivity index (χ2v) is 12.4.